The summed E-state index contributed by atoms with van der Waals surface area (Å²) in [5.41, 5.74) is 1.27. The van der Waals surface area contributed by atoms with Crippen LogP contribution < -0.4 is 10.1 Å². The fourth-order valence-electron chi connectivity index (χ4n) is 2.38. The van der Waals surface area contributed by atoms with E-state index in [1.54, 1.807) is 0 Å². The molecule has 0 atom stereocenters. The highest BCUT2D eigenvalue weighted by Gasteiger charge is 2.12. The van der Waals surface area contributed by atoms with Gasteiger partial charge in [-0.25, -0.2) is 4.98 Å². The van der Waals surface area contributed by atoms with Crippen molar-refractivity contribution in [2.45, 2.75) is 32.6 Å². The van der Waals surface area contributed by atoms with Crippen molar-refractivity contribution in [1.82, 2.24) is 30.6 Å². The van der Waals surface area contributed by atoms with Gasteiger partial charge in [0.2, 0.25) is 17.6 Å². The Kier molecular flexibility index (Phi) is 6.14. The molecule has 0 spiro atoms. The Morgan fingerprint density at radius 1 is 1.30 bits per heavy atom. The van der Waals surface area contributed by atoms with Crippen molar-refractivity contribution < 1.29 is 14.1 Å². The van der Waals surface area contributed by atoms with Gasteiger partial charge in [0.15, 0.2) is 5.82 Å². The first-order chi connectivity index (χ1) is 13.1. The molecule has 9 heteroatoms. The molecule has 0 bridgehead atoms. The number of aryl methyl sites for hydroxylation is 1. The number of hydrogen-bond donors (Lipinski definition) is 2. The molecule has 2 heterocycles. The van der Waals surface area contributed by atoms with Crippen LogP contribution in [0.1, 0.15) is 37.6 Å². The second kappa shape index (κ2) is 8.93. The highest BCUT2D eigenvalue weighted by Crippen LogP contribution is 2.18. The van der Waals surface area contributed by atoms with Gasteiger partial charge in [-0.1, -0.05) is 31.1 Å². The van der Waals surface area contributed by atoms with Gasteiger partial charge in [0.05, 0.1) is 6.54 Å². The standard InChI is InChI=1S/C18H22N6O3/c1-12(2)13-3-5-14(6-4-13)26-10-9-19-15(25)7-8-16-22-18(24-27-16)17-20-11-21-23-17/h3-6,11-12H,7-10H2,1-2H3,(H,19,25)(H,20,21,23). The van der Waals surface area contributed by atoms with Gasteiger partial charge in [-0.2, -0.15) is 10.1 Å². The van der Waals surface area contributed by atoms with Gasteiger partial charge in [-0.3, -0.25) is 9.89 Å². The second-order valence-corrected chi connectivity index (χ2v) is 6.27. The van der Waals surface area contributed by atoms with E-state index in [1.165, 1.54) is 11.9 Å². The van der Waals surface area contributed by atoms with Crippen molar-refractivity contribution in [2.75, 3.05) is 13.2 Å². The summed E-state index contributed by atoms with van der Waals surface area (Å²) in [7, 11) is 0. The molecule has 0 aliphatic heterocycles. The summed E-state index contributed by atoms with van der Waals surface area (Å²) in [5, 5.41) is 13.0. The molecule has 0 fully saturated rings. The maximum atomic E-state index is 11.9. The number of ether oxygens (including phenoxy) is 1. The van der Waals surface area contributed by atoms with Gasteiger partial charge < -0.3 is 14.6 Å². The van der Waals surface area contributed by atoms with Crippen LogP contribution in [-0.2, 0) is 11.2 Å². The molecule has 0 aliphatic rings. The minimum absolute atomic E-state index is 0.104. The van der Waals surface area contributed by atoms with E-state index in [2.05, 4.69) is 56.6 Å². The van der Waals surface area contributed by atoms with Crippen LogP contribution in [0.5, 0.6) is 5.75 Å². The minimum Gasteiger partial charge on any atom is -0.492 e. The summed E-state index contributed by atoms with van der Waals surface area (Å²) < 4.78 is 10.7. The van der Waals surface area contributed by atoms with E-state index < -0.39 is 0 Å². The number of H-pyrrole nitrogens is 1. The monoisotopic (exact) mass is 370 g/mol. The number of hydrogen-bond acceptors (Lipinski definition) is 7. The van der Waals surface area contributed by atoms with Crippen molar-refractivity contribution in [3.63, 3.8) is 0 Å². The van der Waals surface area contributed by atoms with Gasteiger partial charge in [-0.05, 0) is 23.6 Å². The van der Waals surface area contributed by atoms with E-state index in [9.17, 15) is 4.79 Å². The van der Waals surface area contributed by atoms with E-state index in [0.29, 0.717) is 43.0 Å². The Labute approximate surface area is 156 Å². The van der Waals surface area contributed by atoms with Crippen molar-refractivity contribution in [1.29, 1.82) is 0 Å². The lowest BCUT2D eigenvalue weighted by molar-refractivity contribution is -0.121. The molecule has 9 nitrogen and oxygen atoms in total. The molecular formula is C18H22N6O3. The zero-order valence-electron chi connectivity index (χ0n) is 15.3. The fourth-order valence-corrected chi connectivity index (χ4v) is 2.38. The van der Waals surface area contributed by atoms with Gasteiger partial charge in [0, 0.05) is 12.8 Å². The third-order valence-corrected chi connectivity index (χ3v) is 3.90. The average molecular weight is 370 g/mol. The predicted octanol–water partition coefficient (Wildman–Crippen LogP) is 2.11. The first-order valence-electron chi connectivity index (χ1n) is 8.79. The molecule has 27 heavy (non-hydrogen) atoms. The molecule has 2 N–H and O–H groups in total. The van der Waals surface area contributed by atoms with Crippen LogP contribution in [0.15, 0.2) is 35.1 Å². The number of carbonyl (C=O) groups is 1. The van der Waals surface area contributed by atoms with E-state index >= 15 is 0 Å². The van der Waals surface area contributed by atoms with Crippen LogP contribution in [0.25, 0.3) is 11.6 Å². The molecule has 3 rings (SSSR count). The fraction of sp³-hybridized carbons (Fsp3) is 0.389. The van der Waals surface area contributed by atoms with Crippen LogP contribution in [0.4, 0.5) is 0 Å². The summed E-state index contributed by atoms with van der Waals surface area (Å²) in [6.45, 7) is 5.13. The van der Waals surface area contributed by atoms with Gasteiger partial charge in [0.25, 0.3) is 0 Å². The number of aromatic nitrogens is 5. The highest BCUT2D eigenvalue weighted by atomic mass is 16.5. The van der Waals surface area contributed by atoms with Crippen LogP contribution in [0.2, 0.25) is 0 Å². The highest BCUT2D eigenvalue weighted by molar-refractivity contribution is 5.75. The predicted molar refractivity (Wildman–Crippen MR) is 97.0 cm³/mol. The summed E-state index contributed by atoms with van der Waals surface area (Å²) in [4.78, 5) is 20.0. The lowest BCUT2D eigenvalue weighted by atomic mass is 10.0. The topological polar surface area (TPSA) is 119 Å². The van der Waals surface area contributed by atoms with E-state index in [4.69, 9.17) is 9.26 Å². The van der Waals surface area contributed by atoms with Crippen molar-refractivity contribution in [3.05, 3.63) is 42.0 Å². The lowest BCUT2D eigenvalue weighted by Gasteiger charge is -2.09. The number of benzene rings is 1. The quantitative estimate of drug-likeness (QED) is 0.554. The van der Waals surface area contributed by atoms with E-state index in [-0.39, 0.29) is 12.3 Å². The molecule has 1 aromatic carbocycles. The molecular weight excluding hydrogens is 348 g/mol. The molecule has 0 unspecified atom stereocenters. The smallest absolute Gasteiger partial charge is 0.239 e. The average Bonchev–Trinajstić information content (AvgIpc) is 3.35. The van der Waals surface area contributed by atoms with Crippen LogP contribution in [0, 0.1) is 0 Å². The third kappa shape index (κ3) is 5.37. The zero-order chi connectivity index (χ0) is 19.1. The Balaban J connectivity index is 1.34. The Hall–Kier alpha value is -3.23. The molecule has 0 saturated carbocycles. The number of nitrogens with zero attached hydrogens (tertiary/aromatic N) is 4. The molecule has 2 aromatic heterocycles. The molecule has 1 amide bonds. The molecule has 3 aromatic rings. The summed E-state index contributed by atoms with van der Waals surface area (Å²) in [6.07, 6.45) is 1.96. The largest absolute Gasteiger partial charge is 0.492 e. The SMILES string of the molecule is CC(C)c1ccc(OCCNC(=O)CCc2nc(-c3ncn[nH]3)no2)cc1. The van der Waals surface area contributed by atoms with Crippen molar-refractivity contribution >= 4 is 5.91 Å². The summed E-state index contributed by atoms with van der Waals surface area (Å²) >= 11 is 0. The van der Waals surface area contributed by atoms with E-state index in [0.717, 1.165) is 5.75 Å². The number of amides is 1. The zero-order valence-corrected chi connectivity index (χ0v) is 15.3. The summed E-state index contributed by atoms with van der Waals surface area (Å²) in [5.74, 6) is 2.29. The van der Waals surface area contributed by atoms with Crippen molar-refractivity contribution in [3.8, 4) is 17.4 Å². The first kappa shape index (κ1) is 18.6. The number of aromatic amines is 1. The van der Waals surface area contributed by atoms with E-state index in [1.807, 2.05) is 12.1 Å². The maximum absolute atomic E-state index is 11.9. The molecule has 0 radical (unpaired) electrons. The first-order valence-corrected chi connectivity index (χ1v) is 8.79. The minimum atomic E-state index is -0.104. The van der Waals surface area contributed by atoms with Crippen LogP contribution in [-0.4, -0.2) is 44.4 Å². The number of rotatable bonds is 9. The molecule has 0 saturated heterocycles. The Morgan fingerprint density at radius 3 is 2.81 bits per heavy atom. The molecule has 142 valence electrons. The number of nitrogens with one attached hydrogen (secondary N) is 2. The molecule has 0 aliphatic carbocycles. The third-order valence-electron chi connectivity index (χ3n) is 3.90. The maximum Gasteiger partial charge on any atom is 0.239 e. The van der Waals surface area contributed by atoms with Gasteiger partial charge in [0.1, 0.15) is 18.7 Å². The van der Waals surface area contributed by atoms with Gasteiger partial charge in [-0.15, -0.1) is 0 Å². The second-order valence-electron chi connectivity index (χ2n) is 6.27. The van der Waals surface area contributed by atoms with Gasteiger partial charge >= 0.3 is 0 Å². The van der Waals surface area contributed by atoms with Crippen LogP contribution in [0.3, 0.4) is 0 Å². The Morgan fingerprint density at radius 2 is 2.11 bits per heavy atom. The summed E-state index contributed by atoms with van der Waals surface area (Å²) in [6, 6.07) is 7.99. The lowest BCUT2D eigenvalue weighted by Crippen LogP contribution is -2.28. The van der Waals surface area contributed by atoms with Crippen LogP contribution >= 0.6 is 0 Å². The number of carbonyl (C=O) groups excluding carboxylic acids is 1. The van der Waals surface area contributed by atoms with Crippen molar-refractivity contribution in [2.24, 2.45) is 0 Å². The Bertz CT molecular complexity index is 842. The normalized spacial score (nSPS) is 10.9.